The monoisotopic (exact) mass is 520 g/mol. The molecule has 1 saturated heterocycles. The van der Waals surface area contributed by atoms with E-state index in [2.05, 4.69) is 11.9 Å². The number of esters is 2. The molecule has 3 heterocycles. The standard InChI is InChI=1S/C29H32N2O7/c1-17(32)36-22-7-6-20-15-23-29(38-18(2)33)11-9-21(31(4)24(34)8-5-19-10-14-35-16-19)27-28(29,12-13-30(23)3)25(20)26(22)37-27/h5-8,10,14,16,21,23,27H,9,11-13,15H2,1-4H3/b8-5+/t21-,23+,27-,28-,29+/m0/s1. The number of benzene rings is 1. The fraction of sp³-hybridized carbons (Fsp3) is 0.483. The molecule has 2 bridgehead atoms. The minimum atomic E-state index is -0.823. The first-order chi connectivity index (χ1) is 18.2. The van der Waals surface area contributed by atoms with Crippen LogP contribution in [-0.2, 0) is 31.0 Å². The largest absolute Gasteiger partial charge is 0.483 e. The number of ether oxygens (including phenoxy) is 3. The summed E-state index contributed by atoms with van der Waals surface area (Å²) in [5, 5.41) is 0. The van der Waals surface area contributed by atoms with Gasteiger partial charge >= 0.3 is 11.9 Å². The third kappa shape index (κ3) is 3.37. The lowest BCUT2D eigenvalue weighted by molar-refractivity contribution is -0.220. The Hall–Kier alpha value is -3.59. The summed E-state index contributed by atoms with van der Waals surface area (Å²) in [6.07, 6.45) is 8.48. The third-order valence-corrected chi connectivity index (χ3v) is 9.03. The van der Waals surface area contributed by atoms with Crippen molar-refractivity contribution in [2.45, 2.75) is 68.7 Å². The molecule has 1 aromatic heterocycles. The van der Waals surface area contributed by atoms with Gasteiger partial charge in [-0.25, -0.2) is 0 Å². The van der Waals surface area contributed by atoms with Gasteiger partial charge in [-0.05, 0) is 63.0 Å². The Bertz CT molecular complexity index is 1330. The van der Waals surface area contributed by atoms with Crippen LogP contribution in [0.2, 0.25) is 0 Å². The zero-order valence-electron chi connectivity index (χ0n) is 22.1. The van der Waals surface area contributed by atoms with Crippen molar-refractivity contribution in [3.8, 4) is 11.5 Å². The first-order valence-corrected chi connectivity index (χ1v) is 13.1. The van der Waals surface area contributed by atoms with Crippen LogP contribution in [0.15, 0.2) is 41.2 Å². The highest BCUT2D eigenvalue weighted by molar-refractivity contribution is 5.92. The Kier molecular flexibility index (Phi) is 5.68. The fourth-order valence-corrected chi connectivity index (χ4v) is 7.60. The number of carbonyl (C=O) groups excluding carboxylic acids is 3. The number of hydrogen-bond donors (Lipinski definition) is 0. The molecule has 5 atom stereocenters. The Morgan fingerprint density at radius 3 is 2.68 bits per heavy atom. The van der Waals surface area contributed by atoms with Gasteiger partial charge in [0.25, 0.3) is 0 Å². The van der Waals surface area contributed by atoms with Crippen molar-refractivity contribution in [2.75, 3.05) is 20.6 Å². The van der Waals surface area contributed by atoms with E-state index in [1.54, 1.807) is 42.7 Å². The minimum Gasteiger partial charge on any atom is -0.483 e. The van der Waals surface area contributed by atoms with Gasteiger partial charge in [0.15, 0.2) is 11.5 Å². The molecule has 1 aromatic carbocycles. The maximum absolute atomic E-state index is 13.3. The molecule has 0 unspecified atom stereocenters. The molecule has 9 heteroatoms. The van der Waals surface area contributed by atoms with Crippen LogP contribution in [0.25, 0.3) is 6.08 Å². The number of carbonyl (C=O) groups is 3. The highest BCUT2D eigenvalue weighted by Gasteiger charge is 2.75. The Morgan fingerprint density at radius 2 is 1.97 bits per heavy atom. The van der Waals surface area contributed by atoms with Crippen molar-refractivity contribution in [1.82, 2.24) is 9.80 Å². The van der Waals surface area contributed by atoms with E-state index in [-0.39, 0.29) is 24.0 Å². The Morgan fingerprint density at radius 1 is 1.16 bits per heavy atom. The van der Waals surface area contributed by atoms with Crippen molar-refractivity contribution in [2.24, 2.45) is 0 Å². The molecule has 1 spiro atoms. The van der Waals surface area contributed by atoms with E-state index in [0.717, 1.165) is 23.2 Å². The minimum absolute atomic E-state index is 0.0350. The molecule has 2 aliphatic heterocycles. The van der Waals surface area contributed by atoms with Crippen LogP contribution in [0, 0.1) is 0 Å². The normalized spacial score (nSPS) is 30.9. The summed E-state index contributed by atoms with van der Waals surface area (Å²) in [7, 11) is 3.87. The number of hydrogen-bond acceptors (Lipinski definition) is 8. The number of furan rings is 1. The first-order valence-electron chi connectivity index (χ1n) is 13.1. The Labute approximate surface area is 221 Å². The molecule has 2 aromatic rings. The second-order valence-electron chi connectivity index (χ2n) is 10.9. The Balaban J connectivity index is 1.48. The lowest BCUT2D eigenvalue weighted by Crippen LogP contribution is -2.78. The van der Waals surface area contributed by atoms with Gasteiger partial charge < -0.3 is 23.5 Å². The predicted octanol–water partition coefficient (Wildman–Crippen LogP) is 3.10. The van der Waals surface area contributed by atoms with Crippen LogP contribution < -0.4 is 9.47 Å². The van der Waals surface area contributed by atoms with E-state index >= 15 is 0 Å². The highest BCUT2D eigenvalue weighted by Crippen LogP contribution is 2.67. The lowest BCUT2D eigenvalue weighted by atomic mass is 9.48. The zero-order valence-corrected chi connectivity index (χ0v) is 22.1. The molecule has 4 aliphatic rings. The number of nitrogens with zero attached hydrogens (tertiary/aromatic N) is 2. The number of likely N-dealkylation sites (tertiary alicyclic amines) is 1. The molecular weight excluding hydrogens is 488 g/mol. The molecular formula is C29H32N2O7. The number of piperidine rings is 1. The summed E-state index contributed by atoms with van der Waals surface area (Å²) in [5.41, 5.74) is 1.36. The van der Waals surface area contributed by atoms with Gasteiger partial charge in [0, 0.05) is 38.1 Å². The van der Waals surface area contributed by atoms with Crippen LogP contribution in [-0.4, -0.2) is 72.1 Å². The zero-order chi connectivity index (χ0) is 26.8. The van der Waals surface area contributed by atoms with Crippen LogP contribution >= 0.6 is 0 Å². The van der Waals surface area contributed by atoms with Crippen LogP contribution in [0.3, 0.4) is 0 Å². The number of rotatable bonds is 5. The summed E-state index contributed by atoms with van der Waals surface area (Å²) >= 11 is 0. The van der Waals surface area contributed by atoms with Gasteiger partial charge in [0.2, 0.25) is 5.91 Å². The summed E-state index contributed by atoms with van der Waals surface area (Å²) in [6, 6.07) is 5.25. The van der Waals surface area contributed by atoms with E-state index in [1.165, 1.54) is 19.9 Å². The van der Waals surface area contributed by atoms with E-state index in [9.17, 15) is 14.4 Å². The molecule has 1 amide bonds. The van der Waals surface area contributed by atoms with Gasteiger partial charge in [0.1, 0.15) is 11.7 Å². The third-order valence-electron chi connectivity index (χ3n) is 9.03. The maximum atomic E-state index is 13.3. The van der Waals surface area contributed by atoms with E-state index in [1.807, 2.05) is 6.07 Å². The summed E-state index contributed by atoms with van der Waals surface area (Å²) < 4.78 is 23.8. The summed E-state index contributed by atoms with van der Waals surface area (Å²) in [5.74, 6) is -0.0328. The molecule has 0 N–H and O–H groups in total. The number of amides is 1. The average Bonchev–Trinajstić information content (AvgIpc) is 3.51. The quantitative estimate of drug-likeness (QED) is 0.337. The van der Waals surface area contributed by atoms with Gasteiger partial charge in [-0.3, -0.25) is 19.3 Å². The van der Waals surface area contributed by atoms with Gasteiger partial charge in [-0.2, -0.15) is 0 Å². The first kappa shape index (κ1) is 24.7. The van der Waals surface area contributed by atoms with Crippen molar-refractivity contribution < 1.29 is 33.0 Å². The van der Waals surface area contributed by atoms with E-state index in [0.29, 0.717) is 37.2 Å². The smallest absolute Gasteiger partial charge is 0.308 e. The molecule has 2 aliphatic carbocycles. The van der Waals surface area contributed by atoms with Crippen LogP contribution in [0.1, 0.15) is 49.8 Å². The second kappa shape index (κ2) is 8.73. The van der Waals surface area contributed by atoms with E-state index < -0.39 is 23.1 Å². The molecule has 0 radical (unpaired) electrons. The topological polar surface area (TPSA) is 98.5 Å². The SMILES string of the molecule is CC(=O)Oc1ccc2c3c1O[C@H]1[C@@H](N(C)C(=O)/C=C/c4ccoc4)CC[C@@]4(OC(C)=O)[C@@H](C2)N(C)CC[C@]314. The fourth-order valence-electron chi connectivity index (χ4n) is 7.60. The van der Waals surface area contributed by atoms with Crippen molar-refractivity contribution in [3.05, 3.63) is 53.5 Å². The molecule has 1 saturated carbocycles. The van der Waals surface area contributed by atoms with Crippen LogP contribution in [0.5, 0.6) is 11.5 Å². The van der Waals surface area contributed by atoms with Crippen molar-refractivity contribution >= 4 is 23.9 Å². The molecule has 200 valence electrons. The summed E-state index contributed by atoms with van der Waals surface area (Å²) in [4.78, 5) is 42.0. The molecule has 6 rings (SSSR count). The van der Waals surface area contributed by atoms with Crippen molar-refractivity contribution in [1.29, 1.82) is 0 Å². The maximum Gasteiger partial charge on any atom is 0.308 e. The van der Waals surface area contributed by atoms with Gasteiger partial charge in [-0.1, -0.05) is 6.07 Å². The van der Waals surface area contributed by atoms with E-state index in [4.69, 9.17) is 18.6 Å². The summed E-state index contributed by atoms with van der Waals surface area (Å²) in [6.45, 7) is 3.61. The molecule has 2 fully saturated rings. The average molecular weight is 521 g/mol. The van der Waals surface area contributed by atoms with Crippen molar-refractivity contribution in [3.63, 3.8) is 0 Å². The second-order valence-corrected chi connectivity index (χ2v) is 10.9. The lowest BCUT2D eigenvalue weighted by Gasteiger charge is -2.65. The molecule has 38 heavy (non-hydrogen) atoms. The molecule has 9 nitrogen and oxygen atoms in total. The number of likely N-dealkylation sites (N-methyl/N-ethyl adjacent to an activating group) is 2. The van der Waals surface area contributed by atoms with Gasteiger partial charge in [-0.15, -0.1) is 0 Å². The highest BCUT2D eigenvalue weighted by atomic mass is 16.6. The predicted molar refractivity (Wildman–Crippen MR) is 137 cm³/mol. The van der Waals surface area contributed by atoms with Gasteiger partial charge in [0.05, 0.1) is 30.0 Å². The van der Waals surface area contributed by atoms with Crippen LogP contribution in [0.4, 0.5) is 0 Å².